The Morgan fingerprint density at radius 2 is 1.85 bits per heavy atom. The topological polar surface area (TPSA) is 133 Å². The number of epoxide rings is 1. The Bertz CT molecular complexity index is 1170. The highest BCUT2D eigenvalue weighted by Gasteiger charge is 2.83. The second-order valence-electron chi connectivity index (χ2n) is 12.5. The van der Waals surface area contributed by atoms with Gasteiger partial charge < -0.3 is 38.6 Å². The molecule has 10 nitrogen and oxygen atoms in total. The lowest BCUT2D eigenvalue weighted by atomic mass is 9.52. The van der Waals surface area contributed by atoms with E-state index in [-0.39, 0.29) is 25.7 Å². The predicted molar refractivity (Wildman–Crippen MR) is 133 cm³/mol. The van der Waals surface area contributed by atoms with Crippen molar-refractivity contribution < 1.29 is 48.2 Å². The Hall–Kier alpha value is -2.24. The number of hydrogen-bond acceptors (Lipinski definition) is 10. The van der Waals surface area contributed by atoms with E-state index in [1.807, 2.05) is 0 Å². The molecule has 0 aromatic heterocycles. The van der Waals surface area contributed by atoms with Crippen molar-refractivity contribution in [1.82, 2.24) is 0 Å². The molecule has 0 aromatic carbocycles. The molecule has 0 radical (unpaired) electrons. The fraction of sp³-hybridized carbons (Fsp3) is 0.724. The molecular formula is C29H36O10. The average Bonchev–Trinajstić information content (AvgIpc) is 3.64. The molecule has 212 valence electrons. The van der Waals surface area contributed by atoms with Crippen LogP contribution in [-0.2, 0) is 38.0 Å². The number of esters is 2. The summed E-state index contributed by atoms with van der Waals surface area (Å²) in [5, 5.41) is 21.2. The number of rotatable bonds is 0. The Morgan fingerprint density at radius 1 is 1.03 bits per heavy atom. The summed E-state index contributed by atoms with van der Waals surface area (Å²) in [7, 11) is 0. The average molecular weight is 545 g/mol. The molecule has 1 saturated carbocycles. The van der Waals surface area contributed by atoms with Gasteiger partial charge >= 0.3 is 11.9 Å². The molecule has 10 heteroatoms. The minimum absolute atomic E-state index is 0.0464. The molecule has 2 aliphatic carbocycles. The van der Waals surface area contributed by atoms with Crippen LogP contribution < -0.4 is 0 Å². The first-order valence-corrected chi connectivity index (χ1v) is 14.1. The molecule has 5 aliphatic heterocycles. The third-order valence-electron chi connectivity index (χ3n) is 10.7. The van der Waals surface area contributed by atoms with E-state index in [9.17, 15) is 19.8 Å². The molecule has 5 heterocycles. The SMILES string of the molecule is C[C@H]1C=C2O[C@H]3C[C@@H]4OC(=O)C=CCC[C@]56OCCC(=CC(=O)OC[C@@]2(CC1)[C@@]4(C)[C@@]31CO1)[C@H]5O[C@H](O)[C@H]6O. The number of ether oxygens (including phenoxy) is 6. The van der Waals surface area contributed by atoms with Crippen molar-refractivity contribution in [1.29, 1.82) is 0 Å². The molecule has 2 N–H and O–H groups in total. The summed E-state index contributed by atoms with van der Waals surface area (Å²) in [5.74, 6) is 0.0854. The zero-order valence-corrected chi connectivity index (χ0v) is 22.3. The van der Waals surface area contributed by atoms with Crippen molar-refractivity contribution >= 4 is 11.9 Å². The van der Waals surface area contributed by atoms with Crippen molar-refractivity contribution in [2.45, 2.75) is 94.3 Å². The quantitative estimate of drug-likeness (QED) is 0.344. The summed E-state index contributed by atoms with van der Waals surface area (Å²) in [6, 6.07) is 0. The maximum absolute atomic E-state index is 13.4. The van der Waals surface area contributed by atoms with Gasteiger partial charge in [0.25, 0.3) is 0 Å². The number of allylic oxidation sites excluding steroid dienone is 2. The zero-order chi connectivity index (χ0) is 27.2. The maximum atomic E-state index is 13.4. The van der Waals surface area contributed by atoms with E-state index in [1.54, 1.807) is 6.08 Å². The monoisotopic (exact) mass is 544 g/mol. The van der Waals surface area contributed by atoms with Crippen LogP contribution in [0.3, 0.4) is 0 Å². The van der Waals surface area contributed by atoms with E-state index in [0.717, 1.165) is 12.2 Å². The number of cyclic esters (lactones) is 1. The Kier molecular flexibility index (Phi) is 5.69. The molecule has 5 fully saturated rings. The minimum atomic E-state index is -1.46. The van der Waals surface area contributed by atoms with E-state index in [0.29, 0.717) is 43.8 Å². The van der Waals surface area contributed by atoms with Crippen LogP contribution in [0.5, 0.6) is 0 Å². The van der Waals surface area contributed by atoms with Crippen LogP contribution in [0.4, 0.5) is 0 Å². The molecule has 2 spiro atoms. The van der Waals surface area contributed by atoms with Crippen molar-refractivity contribution in [3.63, 3.8) is 0 Å². The largest absolute Gasteiger partial charge is 0.491 e. The van der Waals surface area contributed by atoms with E-state index in [4.69, 9.17) is 28.4 Å². The molecule has 4 bridgehead atoms. The highest BCUT2D eigenvalue weighted by Crippen LogP contribution is 2.73. The standard InChI is InChI=1S/C29H36O10/c1-16-6-9-27-14-34-22(31)12-17-7-10-35-28(23(32)25(33)39-24(17)28)8-4-3-5-21(30)38-18-13-20(37-19(27)11-16)29(15-36-29)26(18,27)2/h3,5,11-12,16,18,20,23-25,32-33H,4,6-10,13-15H2,1-2H3/t16-,18+,20+,23-,24-,25+,26+,27-,28-,29-/m1/s1. The molecule has 4 saturated heterocycles. The third-order valence-corrected chi connectivity index (χ3v) is 10.7. The number of carbonyl (C=O) groups excluding carboxylic acids is 2. The van der Waals surface area contributed by atoms with Gasteiger partial charge in [0.1, 0.15) is 48.0 Å². The molecule has 0 aromatic rings. The molecule has 7 aliphatic rings. The number of aliphatic hydroxyl groups is 2. The first-order chi connectivity index (χ1) is 18.7. The lowest BCUT2D eigenvalue weighted by molar-refractivity contribution is -0.188. The molecule has 0 amide bonds. The van der Waals surface area contributed by atoms with Crippen molar-refractivity contribution in [3.8, 4) is 0 Å². The lowest BCUT2D eigenvalue weighted by Crippen LogP contribution is -2.62. The van der Waals surface area contributed by atoms with E-state index < -0.39 is 58.6 Å². The van der Waals surface area contributed by atoms with Crippen molar-refractivity contribution in [2.75, 3.05) is 19.8 Å². The molecule has 0 unspecified atom stereocenters. The summed E-state index contributed by atoms with van der Waals surface area (Å²) in [4.78, 5) is 26.5. The summed E-state index contributed by atoms with van der Waals surface area (Å²) in [6.45, 7) is 5.04. The van der Waals surface area contributed by atoms with Crippen LogP contribution in [0, 0.1) is 16.7 Å². The fourth-order valence-electron chi connectivity index (χ4n) is 8.36. The van der Waals surface area contributed by atoms with Gasteiger partial charge in [0, 0.05) is 18.6 Å². The van der Waals surface area contributed by atoms with Gasteiger partial charge in [-0.1, -0.05) is 19.9 Å². The van der Waals surface area contributed by atoms with Crippen LogP contribution in [0.2, 0.25) is 0 Å². The highest BCUT2D eigenvalue weighted by molar-refractivity contribution is 5.83. The summed E-state index contributed by atoms with van der Waals surface area (Å²) < 4.78 is 36.6. The van der Waals surface area contributed by atoms with Gasteiger partial charge in [0.15, 0.2) is 6.29 Å². The summed E-state index contributed by atoms with van der Waals surface area (Å²) >= 11 is 0. The first kappa shape index (κ1) is 25.7. The van der Waals surface area contributed by atoms with Gasteiger partial charge in [-0.3, -0.25) is 0 Å². The van der Waals surface area contributed by atoms with E-state index >= 15 is 0 Å². The summed E-state index contributed by atoms with van der Waals surface area (Å²) in [5.41, 5.74) is -2.61. The molecular weight excluding hydrogens is 508 g/mol. The van der Waals surface area contributed by atoms with Crippen LogP contribution in [0.1, 0.15) is 52.4 Å². The van der Waals surface area contributed by atoms with Gasteiger partial charge in [-0.2, -0.15) is 0 Å². The lowest BCUT2D eigenvalue weighted by Gasteiger charge is -2.56. The maximum Gasteiger partial charge on any atom is 0.330 e. The van der Waals surface area contributed by atoms with E-state index in [2.05, 4.69) is 19.9 Å². The van der Waals surface area contributed by atoms with Crippen molar-refractivity contribution in [2.24, 2.45) is 16.7 Å². The zero-order valence-electron chi connectivity index (χ0n) is 22.3. The number of carbonyl (C=O) groups is 2. The van der Waals surface area contributed by atoms with Gasteiger partial charge in [-0.15, -0.1) is 0 Å². The smallest absolute Gasteiger partial charge is 0.330 e. The van der Waals surface area contributed by atoms with Crippen LogP contribution in [0.25, 0.3) is 0 Å². The first-order valence-electron chi connectivity index (χ1n) is 14.1. The molecule has 39 heavy (non-hydrogen) atoms. The van der Waals surface area contributed by atoms with Gasteiger partial charge in [-0.25, -0.2) is 9.59 Å². The Morgan fingerprint density at radius 3 is 2.64 bits per heavy atom. The van der Waals surface area contributed by atoms with Gasteiger partial charge in [-0.05, 0) is 49.7 Å². The van der Waals surface area contributed by atoms with E-state index in [1.165, 1.54) is 12.2 Å². The van der Waals surface area contributed by atoms with Gasteiger partial charge in [0.05, 0.1) is 24.0 Å². The highest BCUT2D eigenvalue weighted by atomic mass is 16.7. The van der Waals surface area contributed by atoms with Gasteiger partial charge in [0.2, 0.25) is 0 Å². The Balaban J connectivity index is 1.30. The summed E-state index contributed by atoms with van der Waals surface area (Å²) in [6.07, 6.45) is 5.45. The molecule has 7 rings (SSSR count). The second-order valence-corrected chi connectivity index (χ2v) is 12.5. The minimum Gasteiger partial charge on any atom is -0.491 e. The second kappa shape index (κ2) is 8.63. The number of hydrogen-bond donors (Lipinski definition) is 2. The molecule has 10 atom stereocenters. The van der Waals surface area contributed by atoms with Crippen LogP contribution >= 0.6 is 0 Å². The fourth-order valence-corrected chi connectivity index (χ4v) is 8.36. The van der Waals surface area contributed by atoms with Crippen molar-refractivity contribution in [3.05, 3.63) is 35.6 Å². The van der Waals surface area contributed by atoms with Crippen LogP contribution in [0.15, 0.2) is 35.6 Å². The predicted octanol–water partition coefficient (Wildman–Crippen LogP) is 1.83. The third kappa shape index (κ3) is 3.38. The Labute approximate surface area is 226 Å². The van der Waals surface area contributed by atoms with Crippen LogP contribution in [-0.4, -0.2) is 83.9 Å². The number of aliphatic hydroxyl groups excluding tert-OH is 2. The normalized spacial score (nSPS) is 50.7.